The van der Waals surface area contributed by atoms with Crippen molar-refractivity contribution in [3.8, 4) is 0 Å². The molecule has 0 amide bonds. The molecule has 0 radical (unpaired) electrons. The highest BCUT2D eigenvalue weighted by atomic mass is 79.9. The van der Waals surface area contributed by atoms with Gasteiger partial charge in [-0.1, -0.05) is 0 Å². The van der Waals surface area contributed by atoms with Gasteiger partial charge in [0.2, 0.25) is 0 Å². The first-order valence-corrected chi connectivity index (χ1v) is 5.45. The number of carboxylic acid groups (broad SMARTS) is 1. The van der Waals surface area contributed by atoms with Gasteiger partial charge in [-0.05, 0) is 23.0 Å². The van der Waals surface area contributed by atoms with Crippen molar-refractivity contribution in [3.05, 3.63) is 16.1 Å². The molecule has 2 rings (SSSR count). The van der Waals surface area contributed by atoms with E-state index in [4.69, 9.17) is 0 Å². The lowest BCUT2D eigenvalue weighted by molar-refractivity contribution is -0.143. The van der Waals surface area contributed by atoms with Crippen molar-refractivity contribution in [1.82, 2.24) is 14.5 Å². The highest BCUT2D eigenvalue weighted by molar-refractivity contribution is 9.10. The summed E-state index contributed by atoms with van der Waals surface area (Å²) in [5.41, 5.74) is 1.66. The Morgan fingerprint density at radius 2 is 2.27 bits per heavy atom. The monoisotopic (exact) mass is 273 g/mol. The van der Waals surface area contributed by atoms with Gasteiger partial charge >= 0.3 is 5.97 Å². The van der Waals surface area contributed by atoms with Crippen molar-refractivity contribution in [1.29, 1.82) is 0 Å². The van der Waals surface area contributed by atoms with E-state index in [9.17, 15) is 9.90 Å². The maximum Gasteiger partial charge on any atom is 0.327 e. The Morgan fingerprint density at radius 1 is 1.60 bits per heavy atom. The maximum atomic E-state index is 11.2. The van der Waals surface area contributed by atoms with Gasteiger partial charge < -0.3 is 9.67 Å². The number of aromatic nitrogens is 2. The van der Waals surface area contributed by atoms with Crippen LogP contribution in [0.15, 0.2) is 4.73 Å². The molecular formula is C9H12BrN3O2. The minimum absolute atomic E-state index is 0.586. The molecule has 0 spiro atoms. The number of fused-ring (bicyclic) bond motifs is 1. The van der Waals surface area contributed by atoms with Crippen LogP contribution < -0.4 is 0 Å². The van der Waals surface area contributed by atoms with Crippen LogP contribution in [0.25, 0.3) is 0 Å². The van der Waals surface area contributed by atoms with Crippen molar-refractivity contribution in [2.45, 2.75) is 12.5 Å². The first kappa shape index (κ1) is 10.6. The summed E-state index contributed by atoms with van der Waals surface area (Å²) in [6, 6.07) is -0.586. The number of nitrogens with zero attached hydrogens (tertiary/aromatic N) is 3. The van der Waals surface area contributed by atoms with E-state index in [0.29, 0.717) is 4.73 Å². The molecule has 6 heteroatoms. The highest BCUT2D eigenvalue weighted by Gasteiger charge is 2.34. The second kappa shape index (κ2) is 3.61. The Morgan fingerprint density at radius 3 is 2.87 bits per heavy atom. The molecule has 1 N–H and O–H groups in total. The molecule has 1 aromatic heterocycles. The average molecular weight is 274 g/mol. The summed E-state index contributed by atoms with van der Waals surface area (Å²) in [5.74, 6) is -0.825. The molecule has 0 fully saturated rings. The van der Waals surface area contributed by atoms with Gasteiger partial charge in [0.05, 0.1) is 11.4 Å². The normalized spacial score (nSPS) is 21.4. The van der Waals surface area contributed by atoms with Crippen molar-refractivity contribution in [3.63, 3.8) is 0 Å². The third-order valence-electron chi connectivity index (χ3n) is 2.80. The summed E-state index contributed by atoms with van der Waals surface area (Å²) in [6.07, 6.45) is 0.801. The average Bonchev–Trinajstić information content (AvgIpc) is 2.44. The van der Waals surface area contributed by atoms with Crippen LogP contribution in [0.2, 0.25) is 0 Å². The molecule has 0 aromatic carbocycles. The standard InChI is InChI=1S/C9H12BrN3O2/c1-12-4-3-5-6(7(12)8(14)15)13(2)9(10)11-5/h7H,3-4H2,1-2H3,(H,14,15). The van der Waals surface area contributed by atoms with E-state index in [0.717, 1.165) is 24.4 Å². The van der Waals surface area contributed by atoms with Crippen molar-refractivity contribution in [2.75, 3.05) is 13.6 Å². The Labute approximate surface area is 95.8 Å². The van der Waals surface area contributed by atoms with Crippen molar-refractivity contribution in [2.24, 2.45) is 7.05 Å². The number of imidazole rings is 1. The topological polar surface area (TPSA) is 58.4 Å². The van der Waals surface area contributed by atoms with Crippen LogP contribution in [0, 0.1) is 0 Å². The Balaban J connectivity index is 2.55. The van der Waals surface area contributed by atoms with E-state index in [2.05, 4.69) is 20.9 Å². The Kier molecular flexibility index (Phi) is 2.56. The number of carboxylic acids is 1. The Hall–Kier alpha value is -0.880. The van der Waals surface area contributed by atoms with Gasteiger partial charge in [0.25, 0.3) is 0 Å². The van der Waals surface area contributed by atoms with Crippen LogP contribution >= 0.6 is 15.9 Å². The van der Waals surface area contributed by atoms with E-state index >= 15 is 0 Å². The minimum Gasteiger partial charge on any atom is -0.480 e. The molecule has 5 nitrogen and oxygen atoms in total. The van der Waals surface area contributed by atoms with Gasteiger partial charge in [-0.2, -0.15) is 0 Å². The fourth-order valence-electron chi connectivity index (χ4n) is 1.99. The predicted molar refractivity (Wildman–Crippen MR) is 57.6 cm³/mol. The van der Waals surface area contributed by atoms with Crippen LogP contribution in [-0.2, 0) is 18.3 Å². The molecule has 1 atom stereocenters. The largest absolute Gasteiger partial charge is 0.480 e. The lowest BCUT2D eigenvalue weighted by atomic mass is 10.0. The van der Waals surface area contributed by atoms with E-state index in [1.165, 1.54) is 0 Å². The fraction of sp³-hybridized carbons (Fsp3) is 0.556. The third kappa shape index (κ3) is 1.57. The van der Waals surface area contributed by atoms with E-state index in [1.807, 2.05) is 19.0 Å². The van der Waals surface area contributed by atoms with Gasteiger partial charge in [0, 0.05) is 20.0 Å². The van der Waals surface area contributed by atoms with Gasteiger partial charge in [-0.25, -0.2) is 4.98 Å². The second-order valence-corrected chi connectivity index (χ2v) is 4.45. The fourth-order valence-corrected chi connectivity index (χ4v) is 2.39. The van der Waals surface area contributed by atoms with Crippen LogP contribution in [0.3, 0.4) is 0 Å². The molecule has 0 saturated heterocycles. The van der Waals surface area contributed by atoms with Gasteiger partial charge in [-0.3, -0.25) is 9.69 Å². The van der Waals surface area contributed by atoms with Crippen molar-refractivity contribution < 1.29 is 9.90 Å². The highest BCUT2D eigenvalue weighted by Crippen LogP contribution is 2.30. The van der Waals surface area contributed by atoms with Crippen LogP contribution in [-0.4, -0.2) is 39.1 Å². The zero-order valence-electron chi connectivity index (χ0n) is 8.57. The van der Waals surface area contributed by atoms with Gasteiger partial charge in [0.1, 0.15) is 0 Å². The molecule has 0 aliphatic carbocycles. The number of likely N-dealkylation sites (N-methyl/N-ethyl adjacent to an activating group) is 1. The summed E-state index contributed by atoms with van der Waals surface area (Å²) in [4.78, 5) is 17.3. The maximum absolute atomic E-state index is 11.2. The lowest BCUT2D eigenvalue weighted by Gasteiger charge is -2.29. The number of hydrogen-bond acceptors (Lipinski definition) is 3. The van der Waals surface area contributed by atoms with Crippen LogP contribution in [0.1, 0.15) is 17.4 Å². The molecule has 1 unspecified atom stereocenters. The lowest BCUT2D eigenvalue weighted by Crippen LogP contribution is -2.37. The van der Waals surface area contributed by atoms with Crippen molar-refractivity contribution >= 4 is 21.9 Å². The molecule has 15 heavy (non-hydrogen) atoms. The second-order valence-electron chi connectivity index (χ2n) is 3.74. The molecular weight excluding hydrogens is 262 g/mol. The van der Waals surface area contributed by atoms with Crippen LogP contribution in [0.4, 0.5) is 0 Å². The molecule has 2 heterocycles. The summed E-state index contributed by atoms with van der Waals surface area (Å²) in [7, 11) is 3.65. The Bertz CT molecular complexity index is 416. The zero-order chi connectivity index (χ0) is 11.2. The third-order valence-corrected chi connectivity index (χ3v) is 3.51. The first-order valence-electron chi connectivity index (χ1n) is 4.66. The SMILES string of the molecule is CN1CCc2nc(Br)n(C)c2C1C(=O)O. The molecule has 1 aromatic rings. The molecule has 1 aliphatic heterocycles. The van der Waals surface area contributed by atoms with Gasteiger partial charge in [-0.15, -0.1) is 0 Å². The smallest absolute Gasteiger partial charge is 0.327 e. The quantitative estimate of drug-likeness (QED) is 0.822. The molecule has 1 aliphatic rings. The summed E-state index contributed by atoms with van der Waals surface area (Å²) >= 11 is 3.31. The number of carbonyl (C=O) groups is 1. The van der Waals surface area contributed by atoms with Gasteiger partial charge in [0.15, 0.2) is 10.8 Å². The summed E-state index contributed by atoms with van der Waals surface area (Å²) in [5, 5.41) is 9.19. The number of hydrogen-bond donors (Lipinski definition) is 1. The molecule has 82 valence electrons. The number of rotatable bonds is 1. The molecule has 0 saturated carbocycles. The van der Waals surface area contributed by atoms with Crippen LogP contribution in [0.5, 0.6) is 0 Å². The number of halogens is 1. The summed E-state index contributed by atoms with van der Waals surface area (Å²) < 4.78 is 2.48. The first-order chi connectivity index (χ1) is 7.02. The summed E-state index contributed by atoms with van der Waals surface area (Å²) in [6.45, 7) is 0.730. The van der Waals surface area contributed by atoms with E-state index < -0.39 is 12.0 Å². The zero-order valence-corrected chi connectivity index (χ0v) is 10.2. The van der Waals surface area contributed by atoms with E-state index in [1.54, 1.807) is 4.57 Å². The van der Waals surface area contributed by atoms with E-state index in [-0.39, 0.29) is 0 Å². The molecule has 0 bridgehead atoms. The minimum atomic E-state index is -0.825. The predicted octanol–water partition coefficient (Wildman–Crippen LogP) is 0.796. The number of aliphatic carboxylic acids is 1.